The standard InChI is InChI=1S/C18H22N6O2S/c1-22-18(19-20-21-22)27-12-16(25)23-7-9-24(10-8-23)17(26)15-11-14(15)13-5-3-2-4-6-13/h2-6,14-15H,7-12H2,1H3/t14-,15-/m1/s1. The third-order valence-corrected chi connectivity index (χ3v) is 6.18. The third-order valence-electron chi connectivity index (χ3n) is 5.19. The van der Waals surface area contributed by atoms with E-state index in [4.69, 9.17) is 0 Å². The van der Waals surface area contributed by atoms with Gasteiger partial charge in [0.1, 0.15) is 0 Å². The predicted octanol–water partition coefficient (Wildman–Crippen LogP) is 0.777. The number of amides is 2. The van der Waals surface area contributed by atoms with Crippen molar-refractivity contribution in [3.05, 3.63) is 35.9 Å². The van der Waals surface area contributed by atoms with Crippen molar-refractivity contribution < 1.29 is 9.59 Å². The van der Waals surface area contributed by atoms with Gasteiger partial charge in [0.15, 0.2) is 0 Å². The smallest absolute Gasteiger partial charge is 0.233 e. The van der Waals surface area contributed by atoms with E-state index in [9.17, 15) is 9.59 Å². The normalized spacial score (nSPS) is 22.0. The molecule has 2 aliphatic rings. The zero-order chi connectivity index (χ0) is 18.8. The quantitative estimate of drug-likeness (QED) is 0.706. The Morgan fingerprint density at radius 1 is 1.11 bits per heavy atom. The molecular formula is C18H22N6O2S. The molecule has 0 spiro atoms. The summed E-state index contributed by atoms with van der Waals surface area (Å²) in [6.45, 7) is 2.40. The number of piperazine rings is 1. The summed E-state index contributed by atoms with van der Waals surface area (Å²) in [5.41, 5.74) is 1.25. The van der Waals surface area contributed by atoms with E-state index in [2.05, 4.69) is 27.7 Å². The van der Waals surface area contributed by atoms with Gasteiger partial charge in [0, 0.05) is 39.1 Å². The molecule has 1 aromatic carbocycles. The molecule has 1 saturated heterocycles. The summed E-state index contributed by atoms with van der Waals surface area (Å²) in [4.78, 5) is 28.9. The number of carbonyl (C=O) groups excluding carboxylic acids is 2. The Balaban J connectivity index is 1.24. The van der Waals surface area contributed by atoms with Crippen molar-refractivity contribution >= 4 is 23.6 Å². The fourth-order valence-electron chi connectivity index (χ4n) is 3.51. The fraction of sp³-hybridized carbons (Fsp3) is 0.500. The number of hydrogen-bond donors (Lipinski definition) is 0. The minimum absolute atomic E-state index is 0.0590. The molecule has 1 aromatic heterocycles. The summed E-state index contributed by atoms with van der Waals surface area (Å²) >= 11 is 1.33. The highest BCUT2D eigenvalue weighted by atomic mass is 32.2. The molecule has 0 radical (unpaired) electrons. The van der Waals surface area contributed by atoms with Crippen LogP contribution in [0, 0.1) is 5.92 Å². The largest absolute Gasteiger partial charge is 0.339 e. The lowest BCUT2D eigenvalue weighted by Gasteiger charge is -2.35. The van der Waals surface area contributed by atoms with Gasteiger partial charge in [0.2, 0.25) is 17.0 Å². The minimum atomic E-state index is 0.0590. The number of aromatic nitrogens is 4. The number of benzene rings is 1. The molecule has 1 saturated carbocycles. The first-order valence-corrected chi connectivity index (χ1v) is 10.1. The van der Waals surface area contributed by atoms with E-state index < -0.39 is 0 Å². The van der Waals surface area contributed by atoms with Crippen molar-refractivity contribution in [3.63, 3.8) is 0 Å². The highest BCUT2D eigenvalue weighted by molar-refractivity contribution is 7.99. The first kappa shape index (κ1) is 18.0. The fourth-order valence-corrected chi connectivity index (χ4v) is 4.26. The molecule has 0 unspecified atom stereocenters. The van der Waals surface area contributed by atoms with Crippen LogP contribution >= 0.6 is 11.8 Å². The molecule has 1 aliphatic heterocycles. The van der Waals surface area contributed by atoms with Gasteiger partial charge in [0.25, 0.3) is 0 Å². The zero-order valence-electron chi connectivity index (χ0n) is 15.2. The Hall–Kier alpha value is -2.42. The number of rotatable bonds is 5. The van der Waals surface area contributed by atoms with Gasteiger partial charge in [-0.1, -0.05) is 42.1 Å². The van der Waals surface area contributed by atoms with Gasteiger partial charge in [0.05, 0.1) is 5.75 Å². The van der Waals surface area contributed by atoms with Crippen molar-refractivity contribution in [2.24, 2.45) is 13.0 Å². The maximum atomic E-state index is 12.7. The molecule has 0 N–H and O–H groups in total. The first-order valence-electron chi connectivity index (χ1n) is 9.10. The maximum absolute atomic E-state index is 12.7. The highest BCUT2D eigenvalue weighted by Crippen LogP contribution is 2.48. The number of carbonyl (C=O) groups is 2. The lowest BCUT2D eigenvalue weighted by atomic mass is 10.1. The Morgan fingerprint density at radius 2 is 1.81 bits per heavy atom. The highest BCUT2D eigenvalue weighted by Gasteiger charge is 2.46. The zero-order valence-corrected chi connectivity index (χ0v) is 16.0. The monoisotopic (exact) mass is 386 g/mol. The van der Waals surface area contributed by atoms with Crippen molar-refractivity contribution in [1.82, 2.24) is 30.0 Å². The van der Waals surface area contributed by atoms with Crippen LogP contribution in [0.2, 0.25) is 0 Å². The summed E-state index contributed by atoms with van der Waals surface area (Å²) in [5.74, 6) is 1.06. The van der Waals surface area contributed by atoms with Gasteiger partial charge >= 0.3 is 0 Å². The van der Waals surface area contributed by atoms with E-state index in [1.165, 1.54) is 17.3 Å². The van der Waals surface area contributed by atoms with Gasteiger partial charge < -0.3 is 9.80 Å². The molecule has 4 rings (SSSR count). The molecule has 2 aromatic rings. The van der Waals surface area contributed by atoms with Crippen LogP contribution in [0.3, 0.4) is 0 Å². The van der Waals surface area contributed by atoms with Crippen molar-refractivity contribution in [1.29, 1.82) is 0 Å². The molecule has 142 valence electrons. The van der Waals surface area contributed by atoms with Gasteiger partial charge in [-0.2, -0.15) is 0 Å². The Bertz CT molecular complexity index is 818. The maximum Gasteiger partial charge on any atom is 0.233 e. The van der Waals surface area contributed by atoms with Crippen LogP contribution in [0.1, 0.15) is 17.9 Å². The van der Waals surface area contributed by atoms with Crippen LogP contribution in [0.25, 0.3) is 0 Å². The van der Waals surface area contributed by atoms with Crippen LogP contribution in [0.15, 0.2) is 35.5 Å². The van der Waals surface area contributed by atoms with Crippen molar-refractivity contribution in [2.45, 2.75) is 17.5 Å². The lowest BCUT2D eigenvalue weighted by molar-refractivity contribution is -0.139. The summed E-state index contributed by atoms with van der Waals surface area (Å²) in [7, 11) is 1.75. The van der Waals surface area contributed by atoms with Gasteiger partial charge in [-0.15, -0.1) is 5.10 Å². The Kier molecular flexibility index (Phi) is 5.11. The molecule has 2 heterocycles. The van der Waals surface area contributed by atoms with Gasteiger partial charge in [-0.3, -0.25) is 9.59 Å². The van der Waals surface area contributed by atoms with E-state index in [1.54, 1.807) is 11.7 Å². The van der Waals surface area contributed by atoms with Gasteiger partial charge in [-0.25, -0.2) is 4.68 Å². The molecule has 1 aliphatic carbocycles. The Morgan fingerprint density at radius 3 is 2.48 bits per heavy atom. The van der Waals surface area contributed by atoms with E-state index in [0.29, 0.717) is 43.0 Å². The van der Waals surface area contributed by atoms with E-state index >= 15 is 0 Å². The lowest BCUT2D eigenvalue weighted by Crippen LogP contribution is -2.51. The second-order valence-corrected chi connectivity index (χ2v) is 7.88. The molecule has 2 atom stereocenters. The predicted molar refractivity (Wildman–Crippen MR) is 100.0 cm³/mol. The van der Waals surface area contributed by atoms with Crippen LogP contribution in [-0.2, 0) is 16.6 Å². The van der Waals surface area contributed by atoms with Gasteiger partial charge in [-0.05, 0) is 28.3 Å². The molecule has 2 amide bonds. The summed E-state index contributed by atoms with van der Waals surface area (Å²) in [6, 6.07) is 10.2. The number of thioether (sulfide) groups is 1. The van der Waals surface area contributed by atoms with Crippen LogP contribution < -0.4 is 0 Å². The number of hydrogen-bond acceptors (Lipinski definition) is 6. The van der Waals surface area contributed by atoms with E-state index in [0.717, 1.165) is 6.42 Å². The molecular weight excluding hydrogens is 364 g/mol. The second kappa shape index (κ2) is 7.67. The second-order valence-electron chi connectivity index (χ2n) is 6.94. The summed E-state index contributed by atoms with van der Waals surface area (Å²) in [6.07, 6.45) is 0.935. The molecule has 8 nitrogen and oxygen atoms in total. The number of tetrazole rings is 1. The topological polar surface area (TPSA) is 84.2 Å². The molecule has 9 heteroatoms. The van der Waals surface area contributed by atoms with E-state index in [-0.39, 0.29) is 17.7 Å². The molecule has 2 fully saturated rings. The SMILES string of the molecule is Cn1nnnc1SCC(=O)N1CCN(C(=O)[C@@H]2C[C@@H]2c2ccccc2)CC1. The average Bonchev–Trinajstić information content (AvgIpc) is 3.41. The minimum Gasteiger partial charge on any atom is -0.339 e. The first-order chi connectivity index (χ1) is 13.1. The molecule has 0 bridgehead atoms. The van der Waals surface area contributed by atoms with Crippen LogP contribution in [0.4, 0.5) is 0 Å². The molecule has 27 heavy (non-hydrogen) atoms. The number of nitrogens with zero attached hydrogens (tertiary/aromatic N) is 6. The average molecular weight is 386 g/mol. The number of aryl methyl sites for hydroxylation is 1. The Labute approximate surface area is 161 Å². The van der Waals surface area contributed by atoms with Crippen LogP contribution in [0.5, 0.6) is 0 Å². The van der Waals surface area contributed by atoms with Crippen molar-refractivity contribution in [2.75, 3.05) is 31.9 Å². The van der Waals surface area contributed by atoms with E-state index in [1.807, 2.05) is 28.0 Å². The summed E-state index contributed by atoms with van der Waals surface area (Å²) in [5, 5.41) is 11.8. The third kappa shape index (κ3) is 3.97. The van der Waals surface area contributed by atoms with Crippen molar-refractivity contribution in [3.8, 4) is 0 Å². The van der Waals surface area contributed by atoms with Crippen LogP contribution in [-0.4, -0.2) is 73.8 Å². The summed E-state index contributed by atoms with van der Waals surface area (Å²) < 4.78 is 1.55.